The Kier molecular flexibility index (Phi) is 4.99. The molecular weight excluding hydrogens is 298 g/mol. The van der Waals surface area contributed by atoms with Crippen LogP contribution < -0.4 is 0 Å². The van der Waals surface area contributed by atoms with Gasteiger partial charge in [-0.15, -0.1) is 11.8 Å². The van der Waals surface area contributed by atoms with Crippen molar-refractivity contribution in [3.05, 3.63) is 58.3 Å². The minimum Gasteiger partial charge on any atom is -0.335 e. The van der Waals surface area contributed by atoms with Gasteiger partial charge in [-0.25, -0.2) is 0 Å². The molecule has 1 heterocycles. The Balaban J connectivity index is 1.50. The Morgan fingerprint density at radius 3 is 2.67 bits per heavy atom. The number of benzene rings is 1. The first-order valence-corrected chi connectivity index (χ1v) is 9.35. The fourth-order valence-electron chi connectivity index (χ4n) is 2.30. The lowest BCUT2D eigenvalue weighted by molar-refractivity contribution is -0.129. The predicted molar refractivity (Wildman–Crippen MR) is 90.5 cm³/mol. The Morgan fingerprint density at radius 1 is 1.19 bits per heavy atom. The van der Waals surface area contributed by atoms with Crippen LogP contribution in [0.5, 0.6) is 0 Å². The molecule has 0 aliphatic heterocycles. The quantitative estimate of drug-likeness (QED) is 0.764. The summed E-state index contributed by atoms with van der Waals surface area (Å²) in [7, 11) is 0. The summed E-state index contributed by atoms with van der Waals surface area (Å²) in [5, 5.41) is 4.22. The number of amides is 1. The molecule has 0 atom stereocenters. The summed E-state index contributed by atoms with van der Waals surface area (Å²) in [5.41, 5.74) is 2.54. The lowest BCUT2D eigenvalue weighted by atomic mass is 10.2. The van der Waals surface area contributed by atoms with Gasteiger partial charge in [0.25, 0.3) is 0 Å². The summed E-state index contributed by atoms with van der Waals surface area (Å²) in [5.74, 6) is 1.77. The maximum atomic E-state index is 12.4. The third-order valence-corrected chi connectivity index (χ3v) is 5.30. The molecular formula is C17H19NOS2. The number of thioether (sulfide) groups is 1. The summed E-state index contributed by atoms with van der Waals surface area (Å²) < 4.78 is 0. The van der Waals surface area contributed by atoms with Gasteiger partial charge in [-0.2, -0.15) is 11.3 Å². The van der Waals surface area contributed by atoms with E-state index in [0.29, 0.717) is 11.8 Å². The van der Waals surface area contributed by atoms with Gasteiger partial charge in [0.15, 0.2) is 0 Å². The molecule has 2 nitrogen and oxygen atoms in total. The van der Waals surface area contributed by atoms with Gasteiger partial charge in [-0.3, -0.25) is 4.79 Å². The van der Waals surface area contributed by atoms with Gasteiger partial charge in [-0.05, 0) is 40.8 Å². The second-order valence-electron chi connectivity index (χ2n) is 5.36. The first-order valence-electron chi connectivity index (χ1n) is 7.25. The fraction of sp³-hybridized carbons (Fsp3) is 0.353. The van der Waals surface area contributed by atoms with Gasteiger partial charge in [-0.1, -0.05) is 30.3 Å². The van der Waals surface area contributed by atoms with E-state index in [1.54, 1.807) is 23.1 Å². The van der Waals surface area contributed by atoms with Crippen LogP contribution in [0.3, 0.4) is 0 Å². The SMILES string of the molecule is O=C(CSCc1ccccc1)N(Cc1ccsc1)C1CC1. The van der Waals surface area contributed by atoms with E-state index in [4.69, 9.17) is 0 Å². The molecule has 110 valence electrons. The molecule has 1 aromatic carbocycles. The van der Waals surface area contributed by atoms with E-state index in [9.17, 15) is 4.79 Å². The van der Waals surface area contributed by atoms with Gasteiger partial charge in [0, 0.05) is 18.3 Å². The van der Waals surface area contributed by atoms with E-state index < -0.39 is 0 Å². The second kappa shape index (κ2) is 7.14. The molecule has 1 aromatic heterocycles. The highest BCUT2D eigenvalue weighted by Crippen LogP contribution is 2.29. The summed E-state index contributed by atoms with van der Waals surface area (Å²) >= 11 is 3.41. The Hall–Kier alpha value is -1.26. The molecule has 4 heteroatoms. The van der Waals surface area contributed by atoms with Gasteiger partial charge in [0.05, 0.1) is 5.75 Å². The number of carbonyl (C=O) groups excluding carboxylic acids is 1. The van der Waals surface area contributed by atoms with Crippen LogP contribution in [0.2, 0.25) is 0 Å². The number of carbonyl (C=O) groups is 1. The van der Waals surface area contributed by atoms with Crippen molar-refractivity contribution in [3.63, 3.8) is 0 Å². The highest BCUT2D eigenvalue weighted by Gasteiger charge is 2.32. The third-order valence-electron chi connectivity index (χ3n) is 3.58. The van der Waals surface area contributed by atoms with Crippen molar-refractivity contribution >= 4 is 29.0 Å². The normalized spacial score (nSPS) is 14.1. The largest absolute Gasteiger partial charge is 0.335 e. The highest BCUT2D eigenvalue weighted by molar-refractivity contribution is 7.99. The second-order valence-corrected chi connectivity index (χ2v) is 7.13. The zero-order valence-electron chi connectivity index (χ0n) is 11.9. The molecule has 0 N–H and O–H groups in total. The minimum atomic E-state index is 0.282. The van der Waals surface area contributed by atoms with Crippen molar-refractivity contribution in [2.24, 2.45) is 0 Å². The number of hydrogen-bond donors (Lipinski definition) is 0. The summed E-state index contributed by atoms with van der Waals surface area (Å²) in [6.45, 7) is 0.777. The van der Waals surface area contributed by atoms with Crippen molar-refractivity contribution in [3.8, 4) is 0 Å². The standard InChI is InChI=1S/C17H19NOS2/c19-17(13-21-11-14-4-2-1-3-5-14)18(16-6-7-16)10-15-8-9-20-12-15/h1-5,8-9,12,16H,6-7,10-11,13H2. The number of nitrogens with zero attached hydrogens (tertiary/aromatic N) is 1. The molecule has 3 rings (SSSR count). The first-order chi connectivity index (χ1) is 10.3. The molecule has 0 unspecified atom stereocenters. The molecule has 1 aliphatic carbocycles. The van der Waals surface area contributed by atoms with E-state index >= 15 is 0 Å². The van der Waals surface area contributed by atoms with Crippen molar-refractivity contribution in [2.75, 3.05) is 5.75 Å². The lowest BCUT2D eigenvalue weighted by Crippen LogP contribution is -2.33. The van der Waals surface area contributed by atoms with Gasteiger partial charge >= 0.3 is 0 Å². The predicted octanol–water partition coefficient (Wildman–Crippen LogP) is 4.17. The van der Waals surface area contributed by atoms with Crippen LogP contribution in [0.15, 0.2) is 47.2 Å². The van der Waals surface area contributed by atoms with Crippen LogP contribution >= 0.6 is 23.1 Å². The highest BCUT2D eigenvalue weighted by atomic mass is 32.2. The van der Waals surface area contributed by atoms with E-state index in [1.165, 1.54) is 24.0 Å². The maximum Gasteiger partial charge on any atom is 0.233 e. The van der Waals surface area contributed by atoms with E-state index in [1.807, 2.05) is 18.2 Å². The van der Waals surface area contributed by atoms with Crippen LogP contribution in [0.25, 0.3) is 0 Å². The van der Waals surface area contributed by atoms with Crippen molar-refractivity contribution in [2.45, 2.75) is 31.2 Å². The van der Waals surface area contributed by atoms with Gasteiger partial charge in [0.2, 0.25) is 5.91 Å². The van der Waals surface area contributed by atoms with E-state index in [-0.39, 0.29) is 5.91 Å². The average molecular weight is 317 g/mol. The molecule has 1 amide bonds. The van der Waals surface area contributed by atoms with Crippen LogP contribution in [0.1, 0.15) is 24.0 Å². The van der Waals surface area contributed by atoms with Gasteiger partial charge < -0.3 is 4.90 Å². The summed E-state index contributed by atoms with van der Waals surface area (Å²) in [6.07, 6.45) is 2.33. The lowest BCUT2D eigenvalue weighted by Gasteiger charge is -2.22. The van der Waals surface area contributed by atoms with Crippen LogP contribution in [0.4, 0.5) is 0 Å². The van der Waals surface area contributed by atoms with Crippen LogP contribution in [0, 0.1) is 0 Å². The fourth-order valence-corrected chi connectivity index (χ4v) is 3.83. The molecule has 0 radical (unpaired) electrons. The molecule has 1 aliphatic rings. The smallest absolute Gasteiger partial charge is 0.233 e. The number of hydrogen-bond acceptors (Lipinski definition) is 3. The molecule has 0 saturated heterocycles. The Labute approximate surface area is 134 Å². The Morgan fingerprint density at radius 2 is 2.00 bits per heavy atom. The summed E-state index contributed by atoms with van der Waals surface area (Å²) in [6, 6.07) is 12.9. The molecule has 0 bridgehead atoms. The van der Waals surface area contributed by atoms with Crippen molar-refractivity contribution < 1.29 is 4.79 Å². The first kappa shape index (κ1) is 14.7. The van der Waals surface area contributed by atoms with Crippen molar-refractivity contribution in [1.82, 2.24) is 4.90 Å². The Bertz CT molecular complexity index is 564. The van der Waals surface area contributed by atoms with Gasteiger partial charge in [0.1, 0.15) is 0 Å². The molecule has 1 fully saturated rings. The topological polar surface area (TPSA) is 20.3 Å². The maximum absolute atomic E-state index is 12.4. The average Bonchev–Trinajstić information content (AvgIpc) is 3.22. The zero-order chi connectivity index (χ0) is 14.5. The molecule has 1 saturated carbocycles. The van der Waals surface area contributed by atoms with Crippen LogP contribution in [-0.4, -0.2) is 22.6 Å². The number of rotatable bonds is 7. The molecule has 0 spiro atoms. The third kappa shape index (κ3) is 4.35. The molecule has 21 heavy (non-hydrogen) atoms. The monoisotopic (exact) mass is 317 g/mol. The molecule has 2 aromatic rings. The minimum absolute atomic E-state index is 0.282. The van der Waals surface area contributed by atoms with E-state index in [2.05, 4.69) is 33.9 Å². The zero-order valence-corrected chi connectivity index (χ0v) is 13.5. The van der Waals surface area contributed by atoms with Crippen LogP contribution in [-0.2, 0) is 17.1 Å². The van der Waals surface area contributed by atoms with Crippen molar-refractivity contribution in [1.29, 1.82) is 0 Å². The number of thiophene rings is 1. The summed E-state index contributed by atoms with van der Waals surface area (Å²) in [4.78, 5) is 14.5. The van der Waals surface area contributed by atoms with E-state index in [0.717, 1.165) is 12.3 Å².